The van der Waals surface area contributed by atoms with Gasteiger partial charge in [0, 0.05) is 17.3 Å². The Kier molecular flexibility index (Phi) is 3.99. The fraction of sp³-hybridized carbons (Fsp3) is 0.150. The number of benzene rings is 2. The lowest BCUT2D eigenvalue weighted by molar-refractivity contribution is -0.116. The van der Waals surface area contributed by atoms with E-state index in [-0.39, 0.29) is 18.0 Å². The number of rotatable bonds is 3. The summed E-state index contributed by atoms with van der Waals surface area (Å²) in [5, 5.41) is 6.55. The largest absolute Gasteiger partial charge is 0.324 e. The molecule has 2 aromatic heterocycles. The number of aromatic nitrogens is 3. The molecule has 0 aliphatic heterocycles. The number of H-pyrrole nitrogens is 1. The quantitative estimate of drug-likeness (QED) is 0.585. The van der Waals surface area contributed by atoms with E-state index in [4.69, 9.17) is 0 Å². The molecule has 0 saturated carbocycles. The lowest BCUT2D eigenvalue weighted by Crippen LogP contribution is -2.26. The van der Waals surface area contributed by atoms with Crippen molar-refractivity contribution in [3.63, 3.8) is 0 Å². The van der Waals surface area contributed by atoms with E-state index < -0.39 is 5.82 Å². The molecule has 0 atom stereocenters. The van der Waals surface area contributed by atoms with Crippen molar-refractivity contribution in [1.29, 1.82) is 0 Å². The monoisotopic (exact) mass is 364 g/mol. The van der Waals surface area contributed by atoms with Crippen molar-refractivity contribution in [1.82, 2.24) is 14.8 Å². The predicted octanol–water partition coefficient (Wildman–Crippen LogP) is 3.27. The number of amides is 1. The van der Waals surface area contributed by atoms with Gasteiger partial charge in [-0.05, 0) is 49.2 Å². The molecular formula is C20H17FN4O2. The van der Waals surface area contributed by atoms with Gasteiger partial charge in [0.2, 0.25) is 5.91 Å². The number of carbonyl (C=O) groups excluding carboxylic acids is 1. The zero-order valence-corrected chi connectivity index (χ0v) is 14.8. The van der Waals surface area contributed by atoms with Crippen LogP contribution in [0.5, 0.6) is 0 Å². The Morgan fingerprint density at radius 2 is 2.00 bits per heavy atom. The van der Waals surface area contributed by atoms with Crippen molar-refractivity contribution in [2.45, 2.75) is 20.4 Å². The van der Waals surface area contributed by atoms with E-state index >= 15 is 0 Å². The lowest BCUT2D eigenvalue weighted by atomic mass is 10.1. The van der Waals surface area contributed by atoms with Crippen LogP contribution in [-0.4, -0.2) is 20.7 Å². The first-order valence-corrected chi connectivity index (χ1v) is 8.46. The van der Waals surface area contributed by atoms with Crippen LogP contribution in [0.25, 0.3) is 21.8 Å². The molecule has 136 valence electrons. The van der Waals surface area contributed by atoms with Crippen LogP contribution in [0.3, 0.4) is 0 Å². The second-order valence-corrected chi connectivity index (χ2v) is 6.58. The van der Waals surface area contributed by atoms with E-state index in [1.165, 1.54) is 23.0 Å². The SMILES string of the molecule is Cc1ccc(C)c(NC(=O)Cn2[nH]c3c(cnc4ccc(F)cc43)c2=O)c1. The van der Waals surface area contributed by atoms with Crippen molar-refractivity contribution in [2.75, 3.05) is 5.32 Å². The molecule has 2 N–H and O–H groups in total. The molecule has 0 fully saturated rings. The number of nitrogens with one attached hydrogen (secondary N) is 2. The number of anilines is 1. The molecule has 27 heavy (non-hydrogen) atoms. The highest BCUT2D eigenvalue weighted by Gasteiger charge is 2.14. The van der Waals surface area contributed by atoms with E-state index in [2.05, 4.69) is 15.4 Å². The van der Waals surface area contributed by atoms with Crippen molar-refractivity contribution in [3.8, 4) is 0 Å². The van der Waals surface area contributed by atoms with E-state index in [0.29, 0.717) is 27.5 Å². The number of fused-ring (bicyclic) bond motifs is 3. The number of carbonyl (C=O) groups is 1. The third kappa shape index (κ3) is 3.08. The lowest BCUT2D eigenvalue weighted by Gasteiger charge is -2.09. The number of aromatic amines is 1. The number of aryl methyl sites for hydroxylation is 2. The third-order valence-corrected chi connectivity index (χ3v) is 4.52. The molecule has 1 amide bonds. The average molecular weight is 364 g/mol. The Balaban J connectivity index is 1.69. The predicted molar refractivity (Wildman–Crippen MR) is 102 cm³/mol. The summed E-state index contributed by atoms with van der Waals surface area (Å²) < 4.78 is 14.8. The number of halogens is 1. The fourth-order valence-corrected chi connectivity index (χ4v) is 3.09. The van der Waals surface area contributed by atoms with Crippen molar-refractivity contribution >= 4 is 33.4 Å². The van der Waals surface area contributed by atoms with Crippen molar-refractivity contribution in [2.24, 2.45) is 0 Å². The van der Waals surface area contributed by atoms with E-state index in [1.54, 1.807) is 6.07 Å². The molecule has 0 aliphatic carbocycles. The first kappa shape index (κ1) is 17.0. The van der Waals surface area contributed by atoms with Gasteiger partial charge in [0.1, 0.15) is 12.4 Å². The topological polar surface area (TPSA) is 79.8 Å². The van der Waals surface area contributed by atoms with E-state index in [1.807, 2.05) is 32.0 Å². The summed E-state index contributed by atoms with van der Waals surface area (Å²) in [4.78, 5) is 29.2. The molecular weight excluding hydrogens is 347 g/mol. The molecule has 0 radical (unpaired) electrons. The number of pyridine rings is 1. The normalized spacial score (nSPS) is 11.2. The minimum atomic E-state index is -0.418. The molecule has 0 saturated heterocycles. The van der Waals surface area contributed by atoms with Crippen LogP contribution in [0, 0.1) is 19.7 Å². The minimum Gasteiger partial charge on any atom is -0.324 e. The number of hydrogen-bond acceptors (Lipinski definition) is 3. The van der Waals surface area contributed by atoms with Crippen LogP contribution in [0.1, 0.15) is 11.1 Å². The van der Waals surface area contributed by atoms with Gasteiger partial charge in [-0.15, -0.1) is 0 Å². The van der Waals surface area contributed by atoms with Crippen LogP contribution in [0.15, 0.2) is 47.4 Å². The summed E-state index contributed by atoms with van der Waals surface area (Å²) in [6.45, 7) is 3.66. The molecule has 0 aliphatic rings. The molecule has 6 nitrogen and oxygen atoms in total. The Morgan fingerprint density at radius 1 is 1.19 bits per heavy atom. The van der Waals surface area contributed by atoms with Crippen LogP contribution in [-0.2, 0) is 11.3 Å². The average Bonchev–Trinajstić information content (AvgIpc) is 2.94. The summed E-state index contributed by atoms with van der Waals surface area (Å²) in [5.41, 5.74) is 3.32. The number of hydrogen-bond donors (Lipinski definition) is 2. The van der Waals surface area contributed by atoms with Crippen LogP contribution >= 0.6 is 0 Å². The van der Waals surface area contributed by atoms with Gasteiger partial charge < -0.3 is 5.32 Å². The molecule has 4 aromatic rings. The maximum atomic E-state index is 13.6. The summed E-state index contributed by atoms with van der Waals surface area (Å²) in [5.74, 6) is -0.751. The second-order valence-electron chi connectivity index (χ2n) is 6.58. The highest BCUT2D eigenvalue weighted by molar-refractivity contribution is 6.02. The van der Waals surface area contributed by atoms with Crippen molar-refractivity contribution < 1.29 is 9.18 Å². The van der Waals surface area contributed by atoms with Gasteiger partial charge in [-0.2, -0.15) is 0 Å². The Morgan fingerprint density at radius 3 is 2.81 bits per heavy atom. The zero-order valence-electron chi connectivity index (χ0n) is 14.8. The van der Waals surface area contributed by atoms with E-state index in [9.17, 15) is 14.0 Å². The first-order valence-electron chi connectivity index (χ1n) is 8.46. The smallest absolute Gasteiger partial charge is 0.276 e. The second kappa shape index (κ2) is 6.35. The van der Waals surface area contributed by atoms with Crippen LogP contribution < -0.4 is 10.9 Å². The van der Waals surface area contributed by atoms with Gasteiger partial charge in [-0.1, -0.05) is 12.1 Å². The summed E-state index contributed by atoms with van der Waals surface area (Å²) in [6.07, 6.45) is 1.44. The molecule has 0 bridgehead atoms. The first-order chi connectivity index (χ1) is 12.9. The highest BCUT2D eigenvalue weighted by Crippen LogP contribution is 2.21. The molecule has 7 heteroatoms. The third-order valence-electron chi connectivity index (χ3n) is 4.52. The van der Waals surface area contributed by atoms with Gasteiger partial charge >= 0.3 is 0 Å². The molecule has 2 heterocycles. The summed E-state index contributed by atoms with van der Waals surface area (Å²) in [6, 6.07) is 9.94. The van der Waals surface area contributed by atoms with Gasteiger partial charge in [0.25, 0.3) is 5.56 Å². The molecule has 4 rings (SSSR count). The Hall–Kier alpha value is -3.48. The Bertz CT molecular complexity index is 1260. The minimum absolute atomic E-state index is 0.183. The maximum Gasteiger partial charge on any atom is 0.276 e. The standard InChI is InChI=1S/C20H17FN4O2/c1-11-3-4-12(2)17(7-11)23-18(26)10-25-20(27)15-9-22-16-6-5-13(21)8-14(16)19(15)24-25/h3-9,24H,10H2,1-2H3,(H,23,26). The van der Waals surface area contributed by atoms with Crippen molar-refractivity contribution in [3.05, 3.63) is 69.9 Å². The van der Waals surface area contributed by atoms with Gasteiger partial charge in [-0.25, -0.2) is 9.07 Å². The van der Waals surface area contributed by atoms with Crippen LogP contribution in [0.2, 0.25) is 0 Å². The van der Waals surface area contributed by atoms with Crippen LogP contribution in [0.4, 0.5) is 10.1 Å². The number of nitrogens with zero attached hydrogens (tertiary/aromatic N) is 2. The molecule has 2 aromatic carbocycles. The molecule has 0 spiro atoms. The van der Waals surface area contributed by atoms with Gasteiger partial charge in [0.15, 0.2) is 0 Å². The highest BCUT2D eigenvalue weighted by atomic mass is 19.1. The maximum absolute atomic E-state index is 13.6. The summed E-state index contributed by atoms with van der Waals surface area (Å²) in [7, 11) is 0. The Labute approximate surface area is 153 Å². The fourth-order valence-electron chi connectivity index (χ4n) is 3.09. The van der Waals surface area contributed by atoms with Gasteiger partial charge in [0.05, 0.1) is 16.4 Å². The molecule has 0 unspecified atom stereocenters. The van der Waals surface area contributed by atoms with E-state index in [0.717, 1.165) is 11.1 Å². The zero-order chi connectivity index (χ0) is 19.1. The summed E-state index contributed by atoms with van der Waals surface area (Å²) >= 11 is 0. The van der Waals surface area contributed by atoms with Gasteiger partial charge in [-0.3, -0.25) is 19.7 Å².